The van der Waals surface area contributed by atoms with Crippen LogP contribution in [0.3, 0.4) is 0 Å². The predicted molar refractivity (Wildman–Crippen MR) is 78.2 cm³/mol. The topological polar surface area (TPSA) is 94.5 Å². The number of benzene rings is 1. The van der Waals surface area contributed by atoms with E-state index >= 15 is 0 Å². The van der Waals surface area contributed by atoms with Crippen molar-refractivity contribution in [3.63, 3.8) is 0 Å². The van der Waals surface area contributed by atoms with Crippen molar-refractivity contribution in [2.45, 2.75) is 18.7 Å². The number of halogens is 2. The zero-order valence-corrected chi connectivity index (χ0v) is 12.7. The lowest BCUT2D eigenvalue weighted by Crippen LogP contribution is -2.37. The largest absolute Gasteiger partial charge is 0.381 e. The summed E-state index contributed by atoms with van der Waals surface area (Å²) in [4.78, 5) is 3.87. The minimum atomic E-state index is -1.38. The second-order valence-corrected chi connectivity index (χ2v) is 5.60. The number of hydrogen-bond donors (Lipinski definition) is 1. The Morgan fingerprint density at radius 2 is 1.95 bits per heavy atom. The van der Waals surface area contributed by atoms with E-state index in [4.69, 9.17) is 23.2 Å². The number of nitrogens with zero attached hydrogens (tertiary/aromatic N) is 7. The average Bonchev–Trinajstić information content (AvgIpc) is 3.12. The van der Waals surface area contributed by atoms with E-state index < -0.39 is 5.60 Å². The zero-order chi connectivity index (χ0) is 15.6. The van der Waals surface area contributed by atoms with Gasteiger partial charge >= 0.3 is 0 Å². The van der Waals surface area contributed by atoms with E-state index in [2.05, 4.69) is 25.6 Å². The molecule has 0 fully saturated rings. The lowest BCUT2D eigenvalue weighted by molar-refractivity contribution is -0.00570. The van der Waals surface area contributed by atoms with Crippen LogP contribution in [0.5, 0.6) is 0 Å². The van der Waals surface area contributed by atoms with Crippen molar-refractivity contribution in [2.75, 3.05) is 0 Å². The minimum Gasteiger partial charge on any atom is -0.381 e. The van der Waals surface area contributed by atoms with Gasteiger partial charge in [0.2, 0.25) is 0 Å². The SMILES string of the molecule is OC(Cn1cncn1)(Cn1cnnn1)c1ccc(Cl)cc1Cl. The summed E-state index contributed by atoms with van der Waals surface area (Å²) >= 11 is 12.2. The summed E-state index contributed by atoms with van der Waals surface area (Å²) in [6.07, 6.45) is 4.31. The van der Waals surface area contributed by atoms with Crippen LogP contribution in [0.4, 0.5) is 0 Å². The summed E-state index contributed by atoms with van der Waals surface area (Å²) in [5.74, 6) is 0. The monoisotopic (exact) mass is 339 g/mol. The molecule has 10 heteroatoms. The van der Waals surface area contributed by atoms with Crippen LogP contribution in [0.15, 0.2) is 37.2 Å². The van der Waals surface area contributed by atoms with Gasteiger partial charge in [-0.05, 0) is 22.6 Å². The lowest BCUT2D eigenvalue weighted by atomic mass is 9.93. The second-order valence-electron chi connectivity index (χ2n) is 4.76. The molecule has 3 rings (SSSR count). The van der Waals surface area contributed by atoms with Crippen LogP contribution in [0.1, 0.15) is 5.56 Å². The summed E-state index contributed by atoms with van der Waals surface area (Å²) in [5.41, 5.74) is -0.880. The van der Waals surface area contributed by atoms with Gasteiger partial charge in [0, 0.05) is 15.6 Å². The van der Waals surface area contributed by atoms with Crippen LogP contribution in [-0.2, 0) is 18.7 Å². The number of rotatable bonds is 5. The summed E-state index contributed by atoms with van der Waals surface area (Å²) in [6.45, 7) is 0.232. The number of hydrogen-bond acceptors (Lipinski definition) is 6. The molecule has 1 unspecified atom stereocenters. The fraction of sp³-hybridized carbons (Fsp3) is 0.250. The van der Waals surface area contributed by atoms with E-state index in [9.17, 15) is 5.11 Å². The van der Waals surface area contributed by atoms with Gasteiger partial charge in [-0.2, -0.15) is 5.10 Å². The number of tetrazole rings is 1. The first kappa shape index (κ1) is 14.9. The van der Waals surface area contributed by atoms with Crippen molar-refractivity contribution in [3.05, 3.63) is 52.8 Å². The van der Waals surface area contributed by atoms with E-state index in [1.807, 2.05) is 0 Å². The van der Waals surface area contributed by atoms with E-state index in [1.54, 1.807) is 18.2 Å². The van der Waals surface area contributed by atoms with E-state index in [0.717, 1.165) is 0 Å². The van der Waals surface area contributed by atoms with E-state index in [0.29, 0.717) is 15.6 Å². The molecule has 114 valence electrons. The Morgan fingerprint density at radius 1 is 1.14 bits per heavy atom. The average molecular weight is 340 g/mol. The maximum Gasteiger partial charge on any atom is 0.138 e. The molecule has 3 aromatic rings. The molecule has 2 heterocycles. The maximum absolute atomic E-state index is 11.2. The lowest BCUT2D eigenvalue weighted by Gasteiger charge is -2.29. The van der Waals surface area contributed by atoms with Gasteiger partial charge in [0.15, 0.2) is 0 Å². The molecule has 1 atom stereocenters. The molecule has 0 aliphatic heterocycles. The van der Waals surface area contributed by atoms with Crippen molar-refractivity contribution in [2.24, 2.45) is 0 Å². The van der Waals surface area contributed by atoms with Gasteiger partial charge in [0.25, 0.3) is 0 Å². The molecule has 0 amide bonds. The predicted octanol–water partition coefficient (Wildman–Crippen LogP) is 1.16. The van der Waals surface area contributed by atoms with Gasteiger partial charge in [0.05, 0.1) is 13.1 Å². The van der Waals surface area contributed by atoms with Gasteiger partial charge < -0.3 is 5.11 Å². The number of aromatic nitrogens is 7. The zero-order valence-electron chi connectivity index (χ0n) is 11.2. The number of aliphatic hydroxyl groups is 1. The molecule has 8 nitrogen and oxygen atoms in total. The third-order valence-corrected chi connectivity index (χ3v) is 3.69. The molecule has 0 spiro atoms. The molecule has 1 N–H and O–H groups in total. The Kier molecular flexibility index (Phi) is 4.06. The van der Waals surface area contributed by atoms with Crippen molar-refractivity contribution in [1.29, 1.82) is 0 Å². The molecule has 0 aliphatic rings. The van der Waals surface area contributed by atoms with Crippen LogP contribution in [0.25, 0.3) is 0 Å². The highest BCUT2D eigenvalue weighted by molar-refractivity contribution is 6.35. The van der Waals surface area contributed by atoms with Crippen LogP contribution >= 0.6 is 23.2 Å². The first-order valence-electron chi connectivity index (χ1n) is 6.28. The summed E-state index contributed by atoms with van der Waals surface area (Å²) in [6, 6.07) is 4.91. The fourth-order valence-corrected chi connectivity index (χ4v) is 2.77. The second kappa shape index (κ2) is 5.99. The van der Waals surface area contributed by atoms with Crippen LogP contribution in [0, 0.1) is 0 Å². The Hall–Kier alpha value is -2.03. The standard InChI is InChI=1S/C12H11Cl2N7O/c13-9-1-2-10(11(14)3-9)12(22,4-20-7-15-6-17-20)5-21-8-16-18-19-21/h1-3,6-8,22H,4-5H2. The van der Waals surface area contributed by atoms with Crippen LogP contribution in [-0.4, -0.2) is 40.1 Å². The smallest absolute Gasteiger partial charge is 0.138 e. The molecule has 1 aromatic carbocycles. The highest BCUT2D eigenvalue weighted by Gasteiger charge is 2.33. The molecular formula is C12H11Cl2N7O. The highest BCUT2D eigenvalue weighted by atomic mass is 35.5. The maximum atomic E-state index is 11.2. The Balaban J connectivity index is 2.01. The molecule has 0 saturated carbocycles. The molecular weight excluding hydrogens is 329 g/mol. The third kappa shape index (κ3) is 3.08. The Labute approximate surface area is 135 Å². The van der Waals surface area contributed by atoms with Crippen molar-refractivity contribution >= 4 is 23.2 Å². The van der Waals surface area contributed by atoms with Crippen LogP contribution in [0.2, 0.25) is 10.0 Å². The van der Waals surface area contributed by atoms with Crippen molar-refractivity contribution in [3.8, 4) is 0 Å². The summed E-state index contributed by atoms with van der Waals surface area (Å²) < 4.78 is 2.93. The summed E-state index contributed by atoms with van der Waals surface area (Å²) in [7, 11) is 0. The van der Waals surface area contributed by atoms with Gasteiger partial charge in [0.1, 0.15) is 24.6 Å². The first-order valence-corrected chi connectivity index (χ1v) is 7.03. The summed E-state index contributed by atoms with van der Waals surface area (Å²) in [5, 5.41) is 26.9. The van der Waals surface area contributed by atoms with Gasteiger partial charge in [-0.1, -0.05) is 29.3 Å². The third-order valence-electron chi connectivity index (χ3n) is 3.14. The Bertz CT molecular complexity index is 709. The molecule has 0 bridgehead atoms. The molecule has 2 aromatic heterocycles. The normalized spacial score (nSPS) is 14.0. The highest BCUT2D eigenvalue weighted by Crippen LogP contribution is 2.32. The molecule has 22 heavy (non-hydrogen) atoms. The van der Waals surface area contributed by atoms with E-state index in [-0.39, 0.29) is 13.1 Å². The first-order chi connectivity index (χ1) is 10.6. The quantitative estimate of drug-likeness (QED) is 0.749. The van der Waals surface area contributed by atoms with Crippen molar-refractivity contribution in [1.82, 2.24) is 35.0 Å². The Morgan fingerprint density at radius 3 is 2.59 bits per heavy atom. The van der Waals surface area contributed by atoms with Gasteiger partial charge in [-0.15, -0.1) is 5.10 Å². The molecule has 0 saturated heterocycles. The van der Waals surface area contributed by atoms with E-state index in [1.165, 1.54) is 28.3 Å². The molecule has 0 radical (unpaired) electrons. The fourth-order valence-electron chi connectivity index (χ4n) is 2.19. The van der Waals surface area contributed by atoms with Gasteiger partial charge in [-0.25, -0.2) is 14.3 Å². The minimum absolute atomic E-state index is 0.0984. The van der Waals surface area contributed by atoms with Gasteiger partial charge in [-0.3, -0.25) is 0 Å². The van der Waals surface area contributed by atoms with Crippen molar-refractivity contribution < 1.29 is 5.11 Å². The molecule has 0 aliphatic carbocycles. The van der Waals surface area contributed by atoms with Crippen LogP contribution < -0.4 is 0 Å².